The van der Waals surface area contributed by atoms with Crippen molar-refractivity contribution < 1.29 is 14.4 Å². The Kier molecular flexibility index (Phi) is 4.36. The molecule has 2 saturated carbocycles. The quantitative estimate of drug-likeness (QED) is 0.751. The van der Waals surface area contributed by atoms with Crippen LogP contribution in [-0.4, -0.2) is 29.2 Å². The van der Waals surface area contributed by atoms with Crippen molar-refractivity contribution in [3.8, 4) is 0 Å². The number of amides is 3. The highest BCUT2D eigenvalue weighted by Crippen LogP contribution is 2.56. The van der Waals surface area contributed by atoms with Crippen LogP contribution in [0.25, 0.3) is 0 Å². The van der Waals surface area contributed by atoms with E-state index in [0.717, 1.165) is 23.7 Å². The Morgan fingerprint density at radius 2 is 1.84 bits per heavy atom. The zero-order valence-electron chi connectivity index (χ0n) is 13.5. The number of nitrogens with zero attached hydrogens (tertiary/aromatic N) is 1. The van der Waals surface area contributed by atoms with E-state index < -0.39 is 0 Å². The van der Waals surface area contributed by atoms with Crippen LogP contribution in [0.15, 0.2) is 22.7 Å². The molecule has 3 aliphatic rings. The zero-order valence-corrected chi connectivity index (χ0v) is 15.8. The molecule has 132 valence electrons. The van der Waals surface area contributed by atoms with Crippen molar-refractivity contribution in [2.75, 3.05) is 11.9 Å². The number of nitrogens with one attached hydrogen (secondary N) is 1. The van der Waals surface area contributed by atoms with Gasteiger partial charge in [-0.1, -0.05) is 11.6 Å². The van der Waals surface area contributed by atoms with E-state index in [-0.39, 0.29) is 42.5 Å². The van der Waals surface area contributed by atoms with Crippen LogP contribution in [-0.2, 0) is 14.4 Å². The Bertz CT molecular complexity index is 741. The van der Waals surface area contributed by atoms with E-state index in [1.165, 1.54) is 4.90 Å². The number of hydrogen-bond acceptors (Lipinski definition) is 3. The molecule has 1 saturated heterocycles. The number of imide groups is 1. The minimum atomic E-state index is -0.237. The van der Waals surface area contributed by atoms with Crippen LogP contribution in [0.1, 0.15) is 25.7 Å². The van der Waals surface area contributed by atoms with Crippen molar-refractivity contribution in [1.29, 1.82) is 0 Å². The molecule has 3 fully saturated rings. The highest BCUT2D eigenvalue weighted by molar-refractivity contribution is 9.10. The first-order chi connectivity index (χ1) is 12.0. The molecule has 0 unspecified atom stereocenters. The summed E-state index contributed by atoms with van der Waals surface area (Å²) < 4.78 is 0.751. The van der Waals surface area contributed by atoms with E-state index in [4.69, 9.17) is 11.6 Å². The van der Waals surface area contributed by atoms with E-state index in [0.29, 0.717) is 22.5 Å². The monoisotopic (exact) mass is 424 g/mol. The molecular formula is C18H18BrClN2O3. The summed E-state index contributed by atoms with van der Waals surface area (Å²) in [6, 6.07) is 5.14. The number of benzene rings is 1. The molecule has 1 heterocycles. The Hall–Kier alpha value is -1.40. The number of anilines is 1. The Morgan fingerprint density at radius 1 is 1.20 bits per heavy atom. The summed E-state index contributed by atoms with van der Waals surface area (Å²) in [7, 11) is 0. The Labute approximate surface area is 159 Å². The zero-order chi connectivity index (χ0) is 17.7. The lowest BCUT2D eigenvalue weighted by Gasteiger charge is -2.19. The maximum Gasteiger partial charge on any atom is 0.233 e. The molecule has 1 aromatic carbocycles. The van der Waals surface area contributed by atoms with Gasteiger partial charge in [0.15, 0.2) is 0 Å². The van der Waals surface area contributed by atoms with Gasteiger partial charge in [-0.05, 0) is 65.2 Å². The first-order valence-electron chi connectivity index (χ1n) is 8.56. The molecule has 2 aliphatic carbocycles. The molecule has 1 aliphatic heterocycles. The van der Waals surface area contributed by atoms with Crippen LogP contribution < -0.4 is 5.32 Å². The van der Waals surface area contributed by atoms with Gasteiger partial charge >= 0.3 is 0 Å². The fraction of sp³-hybridized carbons (Fsp3) is 0.500. The van der Waals surface area contributed by atoms with Crippen LogP contribution in [0, 0.1) is 23.7 Å². The lowest BCUT2D eigenvalue weighted by atomic mass is 9.81. The normalized spacial score (nSPS) is 30.1. The molecule has 0 aromatic heterocycles. The standard InChI is InChI=1S/C18H18BrClN2O3/c19-12-4-3-11(8-13(12)20)21-14(23)5-6-22-17(24)15-9-1-2-10(7-9)16(15)18(22)25/h3-4,8-10,15-16H,1-2,5-7H2,(H,21,23)/t9-,10-,15+,16+/m0/s1. The molecular weight excluding hydrogens is 408 g/mol. The number of carbonyl (C=O) groups is 3. The SMILES string of the molecule is O=C(CCN1C(=O)[C@@H]2[C@H]3CC[C@@H](C3)[C@H]2C1=O)Nc1ccc(Br)c(Cl)c1. The molecule has 0 radical (unpaired) electrons. The van der Waals surface area contributed by atoms with Crippen LogP contribution in [0.4, 0.5) is 5.69 Å². The predicted molar refractivity (Wildman–Crippen MR) is 96.9 cm³/mol. The van der Waals surface area contributed by atoms with Crippen LogP contribution in [0.5, 0.6) is 0 Å². The summed E-state index contributed by atoms with van der Waals surface area (Å²) in [5.74, 6) is 0.118. The van der Waals surface area contributed by atoms with Gasteiger partial charge in [-0.3, -0.25) is 19.3 Å². The third-order valence-electron chi connectivity index (χ3n) is 5.78. The van der Waals surface area contributed by atoms with Gasteiger partial charge in [0.05, 0.1) is 16.9 Å². The van der Waals surface area contributed by atoms with Gasteiger partial charge in [0, 0.05) is 23.1 Å². The predicted octanol–water partition coefficient (Wildman–Crippen LogP) is 3.46. The number of halogens is 2. The summed E-state index contributed by atoms with van der Waals surface area (Å²) in [5.41, 5.74) is 0.590. The molecule has 3 amide bonds. The molecule has 1 aromatic rings. The number of fused-ring (bicyclic) bond motifs is 5. The molecule has 1 N–H and O–H groups in total. The fourth-order valence-electron chi connectivity index (χ4n) is 4.70. The van der Waals surface area contributed by atoms with Crippen LogP contribution in [0.3, 0.4) is 0 Å². The van der Waals surface area contributed by atoms with Gasteiger partial charge < -0.3 is 5.32 Å². The van der Waals surface area contributed by atoms with Gasteiger partial charge in [-0.2, -0.15) is 0 Å². The van der Waals surface area contributed by atoms with Gasteiger partial charge in [-0.15, -0.1) is 0 Å². The van der Waals surface area contributed by atoms with Crippen molar-refractivity contribution in [3.05, 3.63) is 27.7 Å². The smallest absolute Gasteiger partial charge is 0.233 e. The molecule has 0 spiro atoms. The minimum Gasteiger partial charge on any atom is -0.326 e. The van der Waals surface area contributed by atoms with Crippen molar-refractivity contribution in [2.24, 2.45) is 23.7 Å². The molecule has 2 bridgehead atoms. The second-order valence-electron chi connectivity index (χ2n) is 7.14. The molecule has 5 nitrogen and oxygen atoms in total. The van der Waals surface area contributed by atoms with E-state index in [9.17, 15) is 14.4 Å². The van der Waals surface area contributed by atoms with Crippen LogP contribution in [0.2, 0.25) is 5.02 Å². The molecule has 7 heteroatoms. The van der Waals surface area contributed by atoms with Crippen molar-refractivity contribution in [3.63, 3.8) is 0 Å². The molecule has 25 heavy (non-hydrogen) atoms. The van der Waals surface area contributed by atoms with Gasteiger partial charge in [-0.25, -0.2) is 0 Å². The van der Waals surface area contributed by atoms with Gasteiger partial charge in [0.25, 0.3) is 0 Å². The maximum atomic E-state index is 12.6. The largest absolute Gasteiger partial charge is 0.326 e. The topological polar surface area (TPSA) is 66.5 Å². The second-order valence-corrected chi connectivity index (χ2v) is 8.40. The number of rotatable bonds is 4. The van der Waals surface area contributed by atoms with E-state index >= 15 is 0 Å². The number of hydrogen-bond donors (Lipinski definition) is 1. The maximum absolute atomic E-state index is 12.6. The van der Waals surface area contributed by atoms with Crippen LogP contribution >= 0.6 is 27.5 Å². The van der Waals surface area contributed by atoms with E-state index in [2.05, 4.69) is 21.2 Å². The summed E-state index contributed by atoms with van der Waals surface area (Å²) >= 11 is 9.30. The highest BCUT2D eigenvalue weighted by atomic mass is 79.9. The van der Waals surface area contributed by atoms with Crippen molar-refractivity contribution in [1.82, 2.24) is 4.90 Å². The molecule has 4 rings (SSSR count). The van der Waals surface area contributed by atoms with E-state index in [1.807, 2.05) is 0 Å². The first kappa shape index (κ1) is 17.0. The average Bonchev–Trinajstić information content (AvgIpc) is 3.24. The second kappa shape index (κ2) is 6.40. The van der Waals surface area contributed by atoms with Gasteiger partial charge in [0.1, 0.15) is 0 Å². The fourth-order valence-corrected chi connectivity index (χ4v) is 5.13. The third-order valence-corrected chi connectivity index (χ3v) is 7.02. The van der Waals surface area contributed by atoms with Crippen molar-refractivity contribution >= 4 is 50.9 Å². The summed E-state index contributed by atoms with van der Waals surface area (Å²) in [6.07, 6.45) is 3.23. The van der Waals surface area contributed by atoms with E-state index in [1.54, 1.807) is 18.2 Å². The summed E-state index contributed by atoms with van der Waals surface area (Å²) in [6.45, 7) is 0.153. The number of carbonyl (C=O) groups excluding carboxylic acids is 3. The average molecular weight is 426 g/mol. The third kappa shape index (κ3) is 2.89. The minimum absolute atomic E-state index is 0.0679. The molecule has 4 atom stereocenters. The van der Waals surface area contributed by atoms with Gasteiger partial charge in [0.2, 0.25) is 17.7 Å². The summed E-state index contributed by atoms with van der Waals surface area (Å²) in [5, 5.41) is 3.26. The Balaban J connectivity index is 1.36. The Morgan fingerprint density at radius 3 is 2.44 bits per heavy atom. The highest BCUT2D eigenvalue weighted by Gasteiger charge is 2.60. The lowest BCUT2D eigenvalue weighted by Crippen LogP contribution is -2.35. The number of likely N-dealkylation sites (tertiary alicyclic amines) is 1. The van der Waals surface area contributed by atoms with Crippen molar-refractivity contribution in [2.45, 2.75) is 25.7 Å². The first-order valence-corrected chi connectivity index (χ1v) is 9.73. The summed E-state index contributed by atoms with van der Waals surface area (Å²) in [4.78, 5) is 38.6. The lowest BCUT2D eigenvalue weighted by molar-refractivity contribution is -0.140.